The maximum absolute atomic E-state index is 12.4. The van der Waals surface area contributed by atoms with Gasteiger partial charge in [-0.1, -0.05) is 0 Å². The number of anilines is 1. The van der Waals surface area contributed by atoms with Gasteiger partial charge in [-0.25, -0.2) is 18.4 Å². The van der Waals surface area contributed by atoms with Gasteiger partial charge in [-0.2, -0.15) is 0 Å². The van der Waals surface area contributed by atoms with Gasteiger partial charge in [0.1, 0.15) is 5.00 Å². The number of alkyl halides is 2. The van der Waals surface area contributed by atoms with Crippen LogP contribution < -0.4 is 5.32 Å². The fourth-order valence-electron chi connectivity index (χ4n) is 1.71. The first kappa shape index (κ1) is 17.3. The number of amides is 2. The summed E-state index contributed by atoms with van der Waals surface area (Å²) in [7, 11) is 0. The molecule has 0 aliphatic rings. The van der Waals surface area contributed by atoms with Gasteiger partial charge in [-0.3, -0.25) is 5.32 Å². The third-order valence-corrected chi connectivity index (χ3v) is 3.96. The highest BCUT2D eigenvalue weighted by Crippen LogP contribution is 2.32. The number of aryl methyl sites for hydroxylation is 1. The van der Waals surface area contributed by atoms with Crippen molar-refractivity contribution in [3.8, 4) is 0 Å². The quantitative estimate of drug-likeness (QED) is 0.748. The first-order chi connectivity index (χ1) is 9.77. The number of aliphatic hydroxyl groups is 1. The second kappa shape index (κ2) is 7.32. The van der Waals surface area contributed by atoms with Crippen LogP contribution in [0.25, 0.3) is 0 Å². The average Bonchev–Trinajstić information content (AvgIpc) is 2.63. The van der Waals surface area contributed by atoms with Crippen LogP contribution in [0.4, 0.5) is 18.6 Å². The van der Waals surface area contributed by atoms with Gasteiger partial charge in [0.05, 0.1) is 18.7 Å². The molecule has 0 atom stereocenters. The summed E-state index contributed by atoms with van der Waals surface area (Å²) in [5.74, 6) is -1.20. The van der Waals surface area contributed by atoms with Crippen molar-refractivity contribution < 1.29 is 28.6 Å². The molecular weight excluding hydrogens is 306 g/mol. The molecule has 118 valence electrons. The lowest BCUT2D eigenvalue weighted by molar-refractivity contribution is 0.0697. The van der Waals surface area contributed by atoms with Gasteiger partial charge in [0.2, 0.25) is 0 Å². The van der Waals surface area contributed by atoms with Crippen LogP contribution in [0.15, 0.2) is 0 Å². The Morgan fingerprint density at radius 2 is 2.00 bits per heavy atom. The van der Waals surface area contributed by atoms with Crippen molar-refractivity contribution in [1.29, 1.82) is 0 Å². The summed E-state index contributed by atoms with van der Waals surface area (Å²) >= 11 is 1.06. The minimum absolute atomic E-state index is 0.0492. The number of nitrogens with one attached hydrogen (secondary N) is 1. The van der Waals surface area contributed by atoms with Gasteiger partial charge < -0.3 is 15.1 Å². The van der Waals surface area contributed by atoms with Gasteiger partial charge in [0.25, 0.3) is 6.43 Å². The topological polar surface area (TPSA) is 89.9 Å². The molecule has 1 heterocycles. The number of hydrogen-bond acceptors (Lipinski definition) is 4. The van der Waals surface area contributed by atoms with Crippen molar-refractivity contribution in [2.45, 2.75) is 20.3 Å². The van der Waals surface area contributed by atoms with Crippen LogP contribution in [-0.4, -0.2) is 53.2 Å². The summed E-state index contributed by atoms with van der Waals surface area (Å²) in [6, 6.07) is -0.867. The number of carboxylic acids is 1. The van der Waals surface area contributed by atoms with E-state index in [1.54, 1.807) is 13.8 Å². The van der Waals surface area contributed by atoms with E-state index in [9.17, 15) is 18.4 Å². The van der Waals surface area contributed by atoms with Gasteiger partial charge >= 0.3 is 12.0 Å². The highest BCUT2D eigenvalue weighted by atomic mass is 32.1. The maximum atomic E-state index is 12.4. The second-order valence-corrected chi connectivity index (χ2v) is 5.51. The van der Waals surface area contributed by atoms with Crippen molar-refractivity contribution in [3.63, 3.8) is 0 Å². The van der Waals surface area contributed by atoms with Crippen LogP contribution in [0.5, 0.6) is 0 Å². The second-order valence-electron chi connectivity index (χ2n) is 4.28. The number of thiophene rings is 1. The molecule has 3 N–H and O–H groups in total. The number of aromatic carboxylic acids is 1. The zero-order valence-corrected chi connectivity index (χ0v) is 12.3. The molecule has 1 aromatic rings. The van der Waals surface area contributed by atoms with Gasteiger partial charge in [-0.05, 0) is 19.4 Å². The van der Waals surface area contributed by atoms with E-state index in [0.717, 1.165) is 16.2 Å². The fraction of sp³-hybridized carbons (Fsp3) is 0.500. The van der Waals surface area contributed by atoms with Crippen LogP contribution in [0.2, 0.25) is 0 Å². The molecule has 1 aromatic heterocycles. The summed E-state index contributed by atoms with van der Waals surface area (Å²) in [6.07, 6.45) is -2.74. The van der Waals surface area contributed by atoms with Crippen LogP contribution in [-0.2, 0) is 0 Å². The molecule has 0 spiro atoms. The molecule has 1 rings (SSSR count). The number of carbonyl (C=O) groups is 2. The Hall–Kier alpha value is -1.74. The Balaban J connectivity index is 2.96. The maximum Gasteiger partial charge on any atom is 0.338 e. The lowest BCUT2D eigenvalue weighted by Gasteiger charge is -2.21. The predicted octanol–water partition coefficient (Wildman–Crippen LogP) is 2.15. The summed E-state index contributed by atoms with van der Waals surface area (Å²) in [5, 5.41) is 20.4. The molecule has 6 nitrogen and oxygen atoms in total. The Morgan fingerprint density at radius 1 is 1.38 bits per heavy atom. The van der Waals surface area contributed by atoms with E-state index in [2.05, 4.69) is 5.32 Å². The van der Waals surface area contributed by atoms with E-state index < -0.39 is 31.6 Å². The molecule has 21 heavy (non-hydrogen) atoms. The first-order valence-electron chi connectivity index (χ1n) is 6.06. The smallest absolute Gasteiger partial charge is 0.338 e. The molecule has 9 heteroatoms. The van der Waals surface area contributed by atoms with E-state index >= 15 is 0 Å². The molecule has 0 bridgehead atoms. The molecule has 0 aliphatic heterocycles. The number of nitrogens with zero attached hydrogens (tertiary/aromatic N) is 1. The van der Waals surface area contributed by atoms with Crippen molar-refractivity contribution in [1.82, 2.24) is 4.90 Å². The van der Waals surface area contributed by atoms with Crippen LogP contribution in [0, 0.1) is 13.8 Å². The Kier molecular flexibility index (Phi) is 6.03. The van der Waals surface area contributed by atoms with Gasteiger partial charge in [-0.15, -0.1) is 11.3 Å². The standard InChI is InChI=1S/C12H16F2N2O4S/c1-6-7(2)21-10(9(6)11(18)19)15-12(20)16(3-4-17)5-8(13)14/h8,17H,3-5H2,1-2H3,(H,15,20)(H,18,19). The van der Waals surface area contributed by atoms with Crippen molar-refractivity contribution in [2.24, 2.45) is 0 Å². The fourth-order valence-corrected chi connectivity index (χ4v) is 2.75. The van der Waals surface area contributed by atoms with Crippen molar-refractivity contribution in [3.05, 3.63) is 16.0 Å². The number of carboxylic acid groups (broad SMARTS) is 1. The van der Waals surface area contributed by atoms with Crippen LogP contribution in [0.3, 0.4) is 0 Å². The monoisotopic (exact) mass is 322 g/mol. The third kappa shape index (κ3) is 4.36. The normalized spacial score (nSPS) is 10.8. The van der Waals surface area contributed by atoms with Crippen LogP contribution >= 0.6 is 11.3 Å². The molecule has 0 saturated carbocycles. The molecule has 0 fully saturated rings. The average molecular weight is 322 g/mol. The SMILES string of the molecule is Cc1sc(NC(=O)N(CCO)CC(F)F)c(C(=O)O)c1C. The molecule has 0 aliphatic carbocycles. The lowest BCUT2D eigenvalue weighted by Crippen LogP contribution is -2.40. The minimum atomic E-state index is -2.74. The molecule has 0 saturated heterocycles. The molecule has 2 amide bonds. The lowest BCUT2D eigenvalue weighted by atomic mass is 10.1. The number of aliphatic hydroxyl groups excluding tert-OH is 1. The summed E-state index contributed by atoms with van der Waals surface area (Å²) in [5.41, 5.74) is 0.470. The number of halogens is 2. The van der Waals surface area contributed by atoms with E-state index in [1.165, 1.54) is 0 Å². The Bertz CT molecular complexity index is 534. The third-order valence-electron chi connectivity index (χ3n) is 2.84. The number of hydrogen-bond donors (Lipinski definition) is 3. The first-order valence-corrected chi connectivity index (χ1v) is 6.87. The van der Waals surface area contributed by atoms with Crippen molar-refractivity contribution >= 4 is 28.3 Å². The molecule has 0 unspecified atom stereocenters. The zero-order chi connectivity index (χ0) is 16.2. The predicted molar refractivity (Wildman–Crippen MR) is 74.4 cm³/mol. The van der Waals surface area contributed by atoms with Gasteiger partial charge in [0, 0.05) is 11.4 Å². The Morgan fingerprint density at radius 3 is 2.48 bits per heavy atom. The number of rotatable bonds is 6. The van der Waals surface area contributed by atoms with Crippen LogP contribution in [0.1, 0.15) is 20.8 Å². The van der Waals surface area contributed by atoms with E-state index in [4.69, 9.17) is 10.2 Å². The summed E-state index contributed by atoms with van der Waals surface area (Å²) in [4.78, 5) is 24.6. The number of urea groups is 1. The van der Waals surface area contributed by atoms with Gasteiger partial charge in [0.15, 0.2) is 0 Å². The molecule has 0 aromatic carbocycles. The Labute approximate surface area is 124 Å². The van der Waals surface area contributed by atoms with Crippen molar-refractivity contribution in [2.75, 3.05) is 25.0 Å². The number of carbonyl (C=O) groups excluding carboxylic acids is 1. The summed E-state index contributed by atoms with van der Waals surface area (Å²) < 4.78 is 24.8. The zero-order valence-electron chi connectivity index (χ0n) is 11.5. The largest absolute Gasteiger partial charge is 0.478 e. The summed E-state index contributed by atoms with van der Waals surface area (Å²) in [6.45, 7) is 1.75. The highest BCUT2D eigenvalue weighted by Gasteiger charge is 2.23. The van der Waals surface area contributed by atoms with E-state index in [-0.39, 0.29) is 17.1 Å². The highest BCUT2D eigenvalue weighted by molar-refractivity contribution is 7.16. The van der Waals surface area contributed by atoms with E-state index in [0.29, 0.717) is 10.4 Å². The minimum Gasteiger partial charge on any atom is -0.478 e. The molecular formula is C12H16F2N2O4S. The van der Waals surface area contributed by atoms with E-state index in [1.807, 2.05) is 0 Å². The molecule has 0 radical (unpaired) electrons.